The molecule has 33 heavy (non-hydrogen) atoms. The summed E-state index contributed by atoms with van der Waals surface area (Å²) in [4.78, 5) is 35.1. The van der Waals surface area contributed by atoms with Gasteiger partial charge >= 0.3 is 17.9 Å². The molecule has 2 aromatic carbocycles. The number of aliphatic hydroxyl groups is 2. The molecule has 0 radical (unpaired) electrons. The van der Waals surface area contributed by atoms with Crippen molar-refractivity contribution in [3.8, 4) is 0 Å². The van der Waals surface area contributed by atoms with Crippen molar-refractivity contribution in [2.24, 2.45) is 0 Å². The van der Waals surface area contributed by atoms with E-state index in [9.17, 15) is 14.4 Å². The van der Waals surface area contributed by atoms with E-state index < -0.39 is 24.1 Å². The zero-order chi connectivity index (χ0) is 24.8. The third-order valence-electron chi connectivity index (χ3n) is 4.14. The number of benzene rings is 2. The van der Waals surface area contributed by atoms with Crippen LogP contribution in [0.25, 0.3) is 0 Å². The molecule has 0 amide bonds. The highest BCUT2D eigenvalue weighted by atomic mass is 32.2. The van der Waals surface area contributed by atoms with E-state index in [1.807, 2.05) is 79.7 Å². The van der Waals surface area contributed by atoms with Crippen molar-refractivity contribution in [3.05, 3.63) is 66.2 Å². The van der Waals surface area contributed by atoms with Crippen LogP contribution >= 0.6 is 11.8 Å². The monoisotopic (exact) mass is 479 g/mol. The van der Waals surface area contributed by atoms with Gasteiger partial charge in [0.1, 0.15) is 11.9 Å². The molecule has 2 aromatic rings. The van der Waals surface area contributed by atoms with E-state index in [1.165, 1.54) is 0 Å². The topological polar surface area (TPSA) is 145 Å². The number of carbonyl (C=O) groups is 3. The number of nitrogens with zero attached hydrogens (tertiary/aromatic N) is 1. The summed E-state index contributed by atoms with van der Waals surface area (Å²) in [6.45, 7) is 1.16. The number of aliphatic hydroxyl groups excluding tert-OH is 2. The van der Waals surface area contributed by atoms with Gasteiger partial charge < -0.3 is 30.1 Å². The van der Waals surface area contributed by atoms with E-state index in [2.05, 4.69) is 0 Å². The van der Waals surface area contributed by atoms with Crippen LogP contribution in [-0.4, -0.2) is 87.9 Å². The minimum Gasteiger partial charge on any atom is -0.479 e. The van der Waals surface area contributed by atoms with Crippen molar-refractivity contribution in [3.63, 3.8) is 0 Å². The van der Waals surface area contributed by atoms with Gasteiger partial charge in [-0.25, -0.2) is 9.59 Å². The smallest absolute Gasteiger partial charge is 0.335 e. The first-order valence-corrected chi connectivity index (χ1v) is 10.9. The van der Waals surface area contributed by atoms with Crippen molar-refractivity contribution in [2.45, 2.75) is 28.8 Å². The Hall–Kier alpha value is -2.92. The second-order valence-corrected chi connectivity index (χ2v) is 8.42. The zero-order valence-corrected chi connectivity index (χ0v) is 19.2. The number of thioether (sulfide) groups is 1. The van der Waals surface area contributed by atoms with E-state index in [4.69, 9.17) is 25.2 Å². The Morgan fingerprint density at radius 2 is 1.36 bits per heavy atom. The van der Waals surface area contributed by atoms with E-state index in [1.54, 1.807) is 11.8 Å². The number of esters is 1. The lowest BCUT2D eigenvalue weighted by Gasteiger charge is -2.17. The van der Waals surface area contributed by atoms with Crippen LogP contribution in [0, 0.1) is 0 Å². The largest absolute Gasteiger partial charge is 0.479 e. The summed E-state index contributed by atoms with van der Waals surface area (Å²) in [7, 11) is 3.93. The molecule has 0 aromatic heterocycles. The quantitative estimate of drug-likeness (QED) is 0.275. The number of rotatable bonds is 11. The van der Waals surface area contributed by atoms with Crippen molar-refractivity contribution in [2.75, 3.05) is 27.2 Å². The molecule has 0 aliphatic rings. The van der Waals surface area contributed by atoms with E-state index >= 15 is 0 Å². The van der Waals surface area contributed by atoms with Crippen molar-refractivity contribution in [1.29, 1.82) is 0 Å². The van der Waals surface area contributed by atoms with Crippen molar-refractivity contribution >= 4 is 29.7 Å². The van der Waals surface area contributed by atoms with Gasteiger partial charge in [-0.05, 0) is 38.2 Å². The molecule has 0 aliphatic heterocycles. The van der Waals surface area contributed by atoms with Gasteiger partial charge in [0, 0.05) is 11.4 Å². The average Bonchev–Trinajstić information content (AvgIpc) is 2.79. The summed E-state index contributed by atoms with van der Waals surface area (Å²) in [6, 6.07) is 20.1. The fraction of sp³-hybridized carbons (Fsp3) is 0.348. The molecule has 0 bridgehead atoms. The molecule has 2 rings (SSSR count). The van der Waals surface area contributed by atoms with E-state index in [0.717, 1.165) is 17.0 Å². The van der Waals surface area contributed by atoms with Gasteiger partial charge in [-0.2, -0.15) is 0 Å². The number of carbonyl (C=O) groups excluding carboxylic acids is 1. The van der Waals surface area contributed by atoms with E-state index in [-0.39, 0.29) is 11.2 Å². The first-order valence-electron chi connectivity index (χ1n) is 10.0. The first kappa shape index (κ1) is 28.1. The highest BCUT2D eigenvalue weighted by Crippen LogP contribution is 2.26. The molecular weight excluding hydrogens is 450 g/mol. The Kier molecular flexibility index (Phi) is 12.8. The second-order valence-electron chi connectivity index (χ2n) is 7.15. The van der Waals surface area contributed by atoms with E-state index in [0.29, 0.717) is 13.0 Å². The predicted molar refractivity (Wildman–Crippen MR) is 123 cm³/mol. The van der Waals surface area contributed by atoms with Crippen LogP contribution in [0.3, 0.4) is 0 Å². The summed E-state index contributed by atoms with van der Waals surface area (Å²) in [6.07, 6.45) is -3.86. The van der Waals surface area contributed by atoms with Gasteiger partial charge in [0.25, 0.3) is 0 Å². The lowest BCUT2D eigenvalue weighted by Crippen LogP contribution is -2.39. The van der Waals surface area contributed by atoms with Crippen LogP contribution in [0.4, 0.5) is 0 Å². The summed E-state index contributed by atoms with van der Waals surface area (Å²) in [5, 5.41) is 32.3. The van der Waals surface area contributed by atoms with Gasteiger partial charge in [0.05, 0.1) is 0 Å². The molecule has 0 spiro atoms. The maximum absolute atomic E-state index is 12.5. The number of likely N-dealkylation sites (N-methyl/N-ethyl adjacent to an activating group) is 1. The van der Waals surface area contributed by atoms with Crippen LogP contribution < -0.4 is 0 Å². The lowest BCUT2D eigenvalue weighted by atomic mass is 10.1. The Bertz CT molecular complexity index is 804. The fourth-order valence-electron chi connectivity index (χ4n) is 2.36. The van der Waals surface area contributed by atoms with Gasteiger partial charge in [-0.15, -0.1) is 11.8 Å². The number of aliphatic carboxylic acids is 2. The minimum atomic E-state index is -2.27. The highest BCUT2D eigenvalue weighted by Gasteiger charge is 2.29. The van der Waals surface area contributed by atoms with Crippen LogP contribution in [0.2, 0.25) is 0 Å². The number of ether oxygens (including phenoxy) is 1. The average molecular weight is 480 g/mol. The number of carboxylic acid groups (broad SMARTS) is 2. The van der Waals surface area contributed by atoms with Crippen molar-refractivity contribution < 1.29 is 39.5 Å². The Balaban J connectivity index is 0.000000461. The molecule has 0 heterocycles. The molecule has 180 valence electrons. The molecule has 0 aliphatic carbocycles. The van der Waals surface area contributed by atoms with Crippen LogP contribution in [0.5, 0.6) is 0 Å². The maximum atomic E-state index is 12.5. The minimum absolute atomic E-state index is 0.149. The Morgan fingerprint density at radius 3 is 1.82 bits per heavy atom. The van der Waals surface area contributed by atoms with Gasteiger partial charge in [0.15, 0.2) is 12.2 Å². The number of hydrogen-bond acceptors (Lipinski definition) is 8. The Morgan fingerprint density at radius 1 is 0.879 bits per heavy atom. The summed E-state index contributed by atoms with van der Waals surface area (Å²) in [5.41, 5.74) is 1.14. The predicted octanol–water partition coefficient (Wildman–Crippen LogP) is 1.37. The molecule has 0 saturated heterocycles. The number of carboxylic acids is 2. The normalized spacial score (nSPS) is 13.2. The molecule has 0 fully saturated rings. The molecule has 4 N–H and O–H groups in total. The van der Waals surface area contributed by atoms with Crippen molar-refractivity contribution in [1.82, 2.24) is 4.90 Å². The third kappa shape index (κ3) is 11.5. The highest BCUT2D eigenvalue weighted by molar-refractivity contribution is 8.00. The number of hydrogen-bond donors (Lipinski definition) is 4. The first-order chi connectivity index (χ1) is 15.6. The standard InChI is InChI=1S/C19H23NO2S.C4H6O6/c1-20(2)13-14-22-19(21)18(15-16-9-5-3-6-10-16)23-17-11-7-4-8-12-17;5-1(3(7)8)2(6)4(9)10/h3-12,18H,13-15H2,1-2H3;1-2,5-6H,(H,7,8)(H,9,10). The zero-order valence-electron chi connectivity index (χ0n) is 18.4. The molecule has 3 unspecified atom stereocenters. The Labute approximate surface area is 196 Å². The van der Waals surface area contributed by atoms with Gasteiger partial charge in [-0.3, -0.25) is 4.79 Å². The maximum Gasteiger partial charge on any atom is 0.335 e. The second kappa shape index (κ2) is 15.0. The molecule has 3 atom stereocenters. The van der Waals surface area contributed by atoms with Crippen LogP contribution in [0.15, 0.2) is 65.6 Å². The molecule has 10 heteroatoms. The van der Waals surface area contributed by atoms with Crippen LogP contribution in [0.1, 0.15) is 5.56 Å². The van der Waals surface area contributed by atoms with Gasteiger partial charge in [-0.1, -0.05) is 48.5 Å². The fourth-order valence-corrected chi connectivity index (χ4v) is 3.44. The summed E-state index contributed by atoms with van der Waals surface area (Å²) in [5.74, 6) is -3.69. The van der Waals surface area contributed by atoms with Crippen LogP contribution in [-0.2, 0) is 25.5 Å². The molecule has 9 nitrogen and oxygen atoms in total. The lowest BCUT2D eigenvalue weighted by molar-refractivity contribution is -0.165. The third-order valence-corrected chi connectivity index (χ3v) is 5.32. The van der Waals surface area contributed by atoms with Gasteiger partial charge in [0.2, 0.25) is 0 Å². The molecular formula is C23H29NO8S. The summed E-state index contributed by atoms with van der Waals surface area (Å²) < 4.78 is 5.46. The molecule has 0 saturated carbocycles. The summed E-state index contributed by atoms with van der Waals surface area (Å²) >= 11 is 1.56. The SMILES string of the molecule is CN(C)CCOC(=O)C(Cc1ccccc1)Sc1ccccc1.O=C(O)C(O)C(O)C(=O)O.